The fraction of sp³-hybridized carbons (Fsp3) is 0.111. The summed E-state index contributed by atoms with van der Waals surface area (Å²) >= 11 is 1.22. The number of benzene rings is 1. The van der Waals surface area contributed by atoms with Crippen LogP contribution in [0.15, 0.2) is 58.3 Å². The Morgan fingerprint density at radius 2 is 1.86 bits per heavy atom. The van der Waals surface area contributed by atoms with Crippen LogP contribution >= 0.6 is 11.5 Å². The van der Waals surface area contributed by atoms with Crippen molar-refractivity contribution in [2.45, 2.75) is 6.18 Å². The van der Waals surface area contributed by atoms with Gasteiger partial charge in [0.05, 0.1) is 16.1 Å². The van der Waals surface area contributed by atoms with E-state index in [2.05, 4.69) is 9.36 Å². The van der Waals surface area contributed by atoms with Gasteiger partial charge in [0.1, 0.15) is 11.4 Å². The minimum Gasteiger partial charge on any atom is -0.292 e. The van der Waals surface area contributed by atoms with Crippen LogP contribution in [0.25, 0.3) is 27.2 Å². The van der Waals surface area contributed by atoms with E-state index in [0.717, 1.165) is 11.7 Å². The maximum absolute atomic E-state index is 13.0. The third kappa shape index (κ3) is 2.91. The normalized spacial score (nSPS) is 11.9. The highest BCUT2D eigenvalue weighted by Gasteiger charge is 2.35. The molecule has 3 aromatic heterocycles. The Morgan fingerprint density at radius 3 is 2.54 bits per heavy atom. The second-order valence-electron chi connectivity index (χ2n) is 5.97. The number of hydrogen-bond donors (Lipinski definition) is 0. The molecule has 0 atom stereocenters. The Kier molecular flexibility index (Phi) is 4.15. The molecule has 0 aliphatic carbocycles. The van der Waals surface area contributed by atoms with E-state index in [4.69, 9.17) is 0 Å². The van der Waals surface area contributed by atoms with E-state index >= 15 is 0 Å². The maximum atomic E-state index is 13.0. The van der Waals surface area contributed by atoms with Crippen molar-refractivity contribution >= 4 is 21.6 Å². The average molecular weight is 404 g/mol. The van der Waals surface area contributed by atoms with Gasteiger partial charge in [-0.15, -0.1) is 0 Å². The molecule has 10 heteroatoms. The van der Waals surface area contributed by atoms with Crippen molar-refractivity contribution in [3.8, 4) is 17.1 Å². The molecule has 0 spiro atoms. The monoisotopic (exact) mass is 404 g/mol. The summed E-state index contributed by atoms with van der Waals surface area (Å²) in [6.07, 6.45) is -3.19. The Hall–Kier alpha value is -3.27. The lowest BCUT2D eigenvalue weighted by molar-refractivity contribution is -0.144. The summed E-state index contributed by atoms with van der Waals surface area (Å²) in [5.41, 5.74) is -2.10. The predicted octanol–water partition coefficient (Wildman–Crippen LogP) is 3.23. The number of pyridine rings is 1. The molecule has 0 aliphatic heterocycles. The van der Waals surface area contributed by atoms with Crippen molar-refractivity contribution in [2.75, 3.05) is 0 Å². The van der Waals surface area contributed by atoms with Crippen LogP contribution in [0.2, 0.25) is 0 Å². The fourth-order valence-electron chi connectivity index (χ4n) is 2.89. The summed E-state index contributed by atoms with van der Waals surface area (Å²) in [5, 5.41) is 0.648. The second kappa shape index (κ2) is 6.41. The third-order valence-electron chi connectivity index (χ3n) is 4.23. The van der Waals surface area contributed by atoms with E-state index in [-0.39, 0.29) is 5.69 Å². The van der Waals surface area contributed by atoms with Crippen molar-refractivity contribution in [1.29, 1.82) is 0 Å². The number of hydrogen-bond acceptors (Lipinski definition) is 5. The highest BCUT2D eigenvalue weighted by molar-refractivity contribution is 7.13. The van der Waals surface area contributed by atoms with Crippen LogP contribution in [-0.2, 0) is 13.2 Å². The van der Waals surface area contributed by atoms with Gasteiger partial charge in [0.15, 0.2) is 0 Å². The van der Waals surface area contributed by atoms with Gasteiger partial charge < -0.3 is 0 Å². The lowest BCUT2D eigenvalue weighted by Gasteiger charge is -2.14. The van der Waals surface area contributed by atoms with Gasteiger partial charge in [0, 0.05) is 24.7 Å². The van der Waals surface area contributed by atoms with Gasteiger partial charge >= 0.3 is 11.9 Å². The molecule has 0 saturated heterocycles. The highest BCUT2D eigenvalue weighted by atomic mass is 32.1. The molecular formula is C18H11F3N4O2S. The van der Waals surface area contributed by atoms with Crippen LogP contribution in [0.5, 0.6) is 0 Å². The zero-order chi connectivity index (χ0) is 20.1. The van der Waals surface area contributed by atoms with Gasteiger partial charge in [-0.3, -0.25) is 14.3 Å². The van der Waals surface area contributed by atoms with Crippen molar-refractivity contribution in [3.05, 3.63) is 75.2 Å². The van der Waals surface area contributed by atoms with Gasteiger partial charge in [0.25, 0.3) is 5.56 Å². The Labute approximate surface area is 159 Å². The van der Waals surface area contributed by atoms with Crippen LogP contribution in [0, 0.1) is 0 Å². The Morgan fingerprint density at radius 1 is 1.07 bits per heavy atom. The molecule has 6 nitrogen and oxygen atoms in total. The first-order valence-corrected chi connectivity index (χ1v) is 8.76. The maximum Gasteiger partial charge on any atom is 0.431 e. The average Bonchev–Trinajstić information content (AvgIpc) is 3.08. The van der Waals surface area contributed by atoms with E-state index in [1.807, 2.05) is 0 Å². The molecule has 0 saturated carbocycles. The van der Waals surface area contributed by atoms with Crippen LogP contribution in [0.4, 0.5) is 13.2 Å². The summed E-state index contributed by atoms with van der Waals surface area (Å²) < 4.78 is 45.4. The molecule has 0 N–H and O–H groups in total. The number of halogens is 3. The molecule has 4 rings (SSSR count). The number of nitrogens with zero attached hydrogens (tertiary/aromatic N) is 4. The fourth-order valence-corrected chi connectivity index (χ4v) is 3.65. The second-order valence-corrected chi connectivity index (χ2v) is 6.77. The largest absolute Gasteiger partial charge is 0.431 e. The molecule has 3 heterocycles. The molecular weight excluding hydrogens is 393 g/mol. The molecule has 0 unspecified atom stereocenters. The standard InChI is InChI=1S/C18H11F3N4O2S/c1-24-14(18(19,20)21)9-15(26)25(17(24)27)10-5-6-13-11(8-10)16(23-28-13)12-4-2-3-7-22-12/h2-9H,1H3. The van der Waals surface area contributed by atoms with Crippen molar-refractivity contribution in [2.24, 2.45) is 7.05 Å². The third-order valence-corrected chi connectivity index (χ3v) is 5.06. The van der Waals surface area contributed by atoms with Crippen molar-refractivity contribution in [1.82, 2.24) is 18.5 Å². The highest BCUT2D eigenvalue weighted by Crippen LogP contribution is 2.31. The van der Waals surface area contributed by atoms with E-state index in [1.165, 1.54) is 17.6 Å². The molecule has 0 bridgehead atoms. The molecule has 1 aromatic carbocycles. The summed E-state index contributed by atoms with van der Waals surface area (Å²) in [4.78, 5) is 29.0. The van der Waals surface area contributed by atoms with Crippen LogP contribution in [-0.4, -0.2) is 18.5 Å². The van der Waals surface area contributed by atoms with Crippen molar-refractivity contribution in [3.63, 3.8) is 0 Å². The summed E-state index contributed by atoms with van der Waals surface area (Å²) in [7, 11) is 0.977. The van der Waals surface area contributed by atoms with Crippen LogP contribution in [0.1, 0.15) is 5.69 Å². The van der Waals surface area contributed by atoms with Crippen LogP contribution < -0.4 is 11.2 Å². The van der Waals surface area contributed by atoms with E-state index in [9.17, 15) is 22.8 Å². The van der Waals surface area contributed by atoms with Gasteiger partial charge in [-0.05, 0) is 41.9 Å². The first-order chi connectivity index (χ1) is 13.3. The molecule has 0 aliphatic rings. The van der Waals surface area contributed by atoms with E-state index in [1.54, 1.807) is 36.5 Å². The smallest absolute Gasteiger partial charge is 0.292 e. The topological polar surface area (TPSA) is 69.8 Å². The van der Waals surface area contributed by atoms with Gasteiger partial charge in [0.2, 0.25) is 0 Å². The lowest BCUT2D eigenvalue weighted by Crippen LogP contribution is -2.40. The first kappa shape index (κ1) is 18.1. The SMILES string of the molecule is Cn1c(C(F)(F)F)cc(=O)n(-c2ccc3snc(-c4ccccn4)c3c2)c1=O. The summed E-state index contributed by atoms with van der Waals surface area (Å²) in [5.74, 6) is 0. The summed E-state index contributed by atoms with van der Waals surface area (Å²) in [6.45, 7) is 0. The quantitative estimate of drug-likeness (QED) is 0.514. The number of aromatic nitrogens is 4. The van der Waals surface area contributed by atoms with Gasteiger partial charge in [-0.1, -0.05) is 6.07 Å². The van der Waals surface area contributed by atoms with Crippen molar-refractivity contribution < 1.29 is 13.2 Å². The first-order valence-electron chi connectivity index (χ1n) is 7.99. The van der Waals surface area contributed by atoms with E-state index < -0.39 is 23.1 Å². The summed E-state index contributed by atoms with van der Waals surface area (Å²) in [6, 6.07) is 10.5. The number of rotatable bonds is 2. The minimum atomic E-state index is -4.81. The lowest BCUT2D eigenvalue weighted by atomic mass is 10.1. The molecule has 0 radical (unpaired) electrons. The molecule has 0 amide bonds. The predicted molar refractivity (Wildman–Crippen MR) is 98.7 cm³/mol. The van der Waals surface area contributed by atoms with Gasteiger partial charge in [-0.2, -0.15) is 17.5 Å². The number of fused-ring (bicyclic) bond motifs is 1. The molecule has 4 aromatic rings. The molecule has 0 fully saturated rings. The molecule has 28 heavy (non-hydrogen) atoms. The number of alkyl halides is 3. The molecule has 142 valence electrons. The Balaban J connectivity index is 1.95. The van der Waals surface area contributed by atoms with Gasteiger partial charge in [-0.25, -0.2) is 9.36 Å². The zero-order valence-corrected chi connectivity index (χ0v) is 15.1. The van der Waals surface area contributed by atoms with Crippen LogP contribution in [0.3, 0.4) is 0 Å². The zero-order valence-electron chi connectivity index (χ0n) is 14.3. The minimum absolute atomic E-state index is 0.157. The Bertz CT molecular complexity index is 1310. The van der Waals surface area contributed by atoms with E-state index in [0.29, 0.717) is 32.0 Å².